The number of carboxylic acid groups (broad SMARTS) is 1. The van der Waals surface area contributed by atoms with Crippen molar-refractivity contribution in [1.29, 1.82) is 0 Å². The van der Waals surface area contributed by atoms with E-state index in [0.29, 0.717) is 30.6 Å². The normalized spacial score (nSPS) is 17.4. The molecule has 0 amide bonds. The van der Waals surface area contributed by atoms with Gasteiger partial charge < -0.3 is 19.3 Å². The number of alkyl halides is 3. The van der Waals surface area contributed by atoms with E-state index < -0.39 is 47.1 Å². The van der Waals surface area contributed by atoms with E-state index in [4.69, 9.17) is 9.05 Å². The summed E-state index contributed by atoms with van der Waals surface area (Å²) in [5, 5.41) is 27.3. The molecule has 0 aliphatic carbocycles. The van der Waals surface area contributed by atoms with Crippen LogP contribution >= 0.6 is 0 Å². The molecule has 3 heterocycles. The molecule has 0 radical (unpaired) electrons. The number of aliphatic carboxylic acids is 1. The van der Waals surface area contributed by atoms with Crippen LogP contribution in [-0.2, 0) is 11.0 Å². The third kappa shape index (κ3) is 5.31. The van der Waals surface area contributed by atoms with Crippen molar-refractivity contribution >= 4 is 5.97 Å². The quantitative estimate of drug-likeness (QED) is 0.344. The fraction of sp³-hybridized carbons (Fsp3) is 0.308. The minimum absolute atomic E-state index is 0.0405. The second-order valence-electron chi connectivity index (χ2n) is 9.10. The van der Waals surface area contributed by atoms with Gasteiger partial charge in [0.2, 0.25) is 5.82 Å². The molecule has 198 valence electrons. The van der Waals surface area contributed by atoms with E-state index in [9.17, 15) is 28.2 Å². The number of aliphatic hydroxyl groups is 1. The van der Waals surface area contributed by atoms with Crippen molar-refractivity contribution in [3.05, 3.63) is 65.7 Å². The maximum Gasteiger partial charge on any atom is 0.422 e. The summed E-state index contributed by atoms with van der Waals surface area (Å²) in [4.78, 5) is 17.3. The molecule has 1 aliphatic heterocycles. The standard InChI is InChI=1S/C26H23F3N4O5/c27-26(28,29)20-21(31-37-22(20)16-5-2-1-3-6-16)24-30-23(32-38-24)17-10-8-15(9-11-17)19(34)14-33-12-4-7-18(13-33)25(35)36/h1-3,5-6,8-11,18-19,34H,4,7,12-14H2,(H,35,36). The van der Waals surface area contributed by atoms with Gasteiger partial charge in [0, 0.05) is 24.2 Å². The van der Waals surface area contributed by atoms with E-state index in [-0.39, 0.29) is 17.9 Å². The van der Waals surface area contributed by atoms with Crippen LogP contribution in [0, 0.1) is 5.92 Å². The van der Waals surface area contributed by atoms with Crippen molar-refractivity contribution in [3.63, 3.8) is 0 Å². The Hall–Kier alpha value is -4.03. The molecule has 2 atom stereocenters. The molecule has 2 aromatic carbocycles. The first kappa shape index (κ1) is 25.6. The van der Waals surface area contributed by atoms with Crippen LogP contribution < -0.4 is 0 Å². The topological polar surface area (TPSA) is 126 Å². The Morgan fingerprint density at radius 3 is 2.47 bits per heavy atom. The fourth-order valence-electron chi connectivity index (χ4n) is 4.55. The third-order valence-electron chi connectivity index (χ3n) is 6.48. The zero-order chi connectivity index (χ0) is 26.9. The molecule has 2 unspecified atom stereocenters. The lowest BCUT2D eigenvalue weighted by molar-refractivity contribution is -0.143. The second kappa shape index (κ2) is 10.4. The van der Waals surface area contributed by atoms with Crippen LogP contribution in [0.4, 0.5) is 13.2 Å². The van der Waals surface area contributed by atoms with Gasteiger partial charge in [-0.05, 0) is 24.9 Å². The Balaban J connectivity index is 1.34. The first-order chi connectivity index (χ1) is 18.2. The molecule has 1 fully saturated rings. The number of aromatic nitrogens is 3. The summed E-state index contributed by atoms with van der Waals surface area (Å²) >= 11 is 0. The number of nitrogens with zero attached hydrogens (tertiary/aromatic N) is 4. The molecule has 5 rings (SSSR count). The van der Waals surface area contributed by atoms with Crippen LogP contribution in [0.5, 0.6) is 0 Å². The fourth-order valence-corrected chi connectivity index (χ4v) is 4.55. The highest BCUT2D eigenvalue weighted by Gasteiger charge is 2.42. The average Bonchev–Trinajstić information content (AvgIpc) is 3.57. The Morgan fingerprint density at radius 2 is 1.79 bits per heavy atom. The maximum atomic E-state index is 13.9. The van der Waals surface area contributed by atoms with Crippen LogP contribution in [0.1, 0.15) is 30.1 Å². The second-order valence-corrected chi connectivity index (χ2v) is 9.10. The minimum Gasteiger partial charge on any atom is -0.481 e. The lowest BCUT2D eigenvalue weighted by atomic mass is 9.97. The number of hydrogen-bond donors (Lipinski definition) is 2. The molecule has 1 aliphatic rings. The summed E-state index contributed by atoms with van der Waals surface area (Å²) in [6.07, 6.45) is -4.27. The number of aliphatic hydroxyl groups excluding tert-OH is 1. The summed E-state index contributed by atoms with van der Waals surface area (Å²) in [6, 6.07) is 14.3. The van der Waals surface area contributed by atoms with Crippen LogP contribution in [0.3, 0.4) is 0 Å². The Bertz CT molecular complexity index is 1400. The molecule has 2 aromatic heterocycles. The Labute approximate surface area is 214 Å². The monoisotopic (exact) mass is 528 g/mol. The first-order valence-electron chi connectivity index (χ1n) is 11.9. The molecule has 0 saturated carbocycles. The molecular formula is C26H23F3N4O5. The summed E-state index contributed by atoms with van der Waals surface area (Å²) < 4.78 is 52.0. The third-order valence-corrected chi connectivity index (χ3v) is 6.48. The van der Waals surface area contributed by atoms with Crippen LogP contribution in [0.25, 0.3) is 34.3 Å². The molecule has 38 heavy (non-hydrogen) atoms. The van der Waals surface area contributed by atoms with E-state index in [1.807, 2.05) is 4.90 Å². The lowest BCUT2D eigenvalue weighted by Gasteiger charge is -2.32. The van der Waals surface area contributed by atoms with E-state index in [0.717, 1.165) is 6.42 Å². The molecule has 9 nitrogen and oxygen atoms in total. The van der Waals surface area contributed by atoms with E-state index in [1.54, 1.807) is 42.5 Å². The average molecular weight is 528 g/mol. The van der Waals surface area contributed by atoms with Crippen LogP contribution in [0.15, 0.2) is 63.6 Å². The number of carbonyl (C=O) groups is 1. The van der Waals surface area contributed by atoms with Gasteiger partial charge in [-0.2, -0.15) is 18.2 Å². The summed E-state index contributed by atoms with van der Waals surface area (Å²) in [5.74, 6) is -2.14. The largest absolute Gasteiger partial charge is 0.481 e. The van der Waals surface area contributed by atoms with Crippen molar-refractivity contribution in [1.82, 2.24) is 20.2 Å². The number of hydrogen-bond acceptors (Lipinski definition) is 8. The van der Waals surface area contributed by atoms with Crippen LogP contribution in [-0.4, -0.2) is 56.0 Å². The highest BCUT2D eigenvalue weighted by atomic mass is 19.4. The number of carboxylic acids is 1. The van der Waals surface area contributed by atoms with Gasteiger partial charge in [0.25, 0.3) is 5.89 Å². The number of halogens is 3. The van der Waals surface area contributed by atoms with E-state index in [1.165, 1.54) is 12.1 Å². The highest BCUT2D eigenvalue weighted by molar-refractivity contribution is 5.71. The predicted octanol–water partition coefficient (Wildman–Crippen LogP) is 4.91. The van der Waals surface area contributed by atoms with Gasteiger partial charge in [0.05, 0.1) is 12.0 Å². The molecular weight excluding hydrogens is 505 g/mol. The molecule has 4 aromatic rings. The summed E-state index contributed by atoms with van der Waals surface area (Å²) in [5.41, 5.74) is -0.461. The SMILES string of the molecule is O=C(O)C1CCCN(CC(O)c2ccc(-c3noc(-c4noc(-c5ccccc5)c4C(F)(F)F)n3)cc2)C1. The smallest absolute Gasteiger partial charge is 0.422 e. The van der Waals surface area contributed by atoms with Gasteiger partial charge in [-0.15, -0.1) is 0 Å². The van der Waals surface area contributed by atoms with Crippen molar-refractivity contribution < 1.29 is 37.2 Å². The van der Waals surface area contributed by atoms with Gasteiger partial charge in [-0.3, -0.25) is 9.69 Å². The van der Waals surface area contributed by atoms with Gasteiger partial charge in [-0.25, -0.2) is 0 Å². The molecule has 0 bridgehead atoms. The van der Waals surface area contributed by atoms with Gasteiger partial charge in [0.15, 0.2) is 11.5 Å². The Kier molecular flexibility index (Phi) is 7.00. The Morgan fingerprint density at radius 1 is 1.05 bits per heavy atom. The number of rotatable bonds is 7. The van der Waals surface area contributed by atoms with Crippen molar-refractivity contribution in [2.75, 3.05) is 19.6 Å². The molecule has 12 heteroatoms. The van der Waals surface area contributed by atoms with E-state index >= 15 is 0 Å². The molecule has 1 saturated heterocycles. The van der Waals surface area contributed by atoms with E-state index in [2.05, 4.69) is 15.3 Å². The molecule has 0 spiro atoms. The van der Waals surface area contributed by atoms with Crippen molar-refractivity contribution in [2.24, 2.45) is 5.92 Å². The predicted molar refractivity (Wildman–Crippen MR) is 127 cm³/mol. The van der Waals surface area contributed by atoms with Crippen LogP contribution in [0.2, 0.25) is 0 Å². The van der Waals surface area contributed by atoms with Gasteiger partial charge >= 0.3 is 12.1 Å². The van der Waals surface area contributed by atoms with Gasteiger partial charge in [-0.1, -0.05) is 64.9 Å². The molecule has 2 N–H and O–H groups in total. The number of benzene rings is 2. The highest BCUT2D eigenvalue weighted by Crippen LogP contribution is 2.43. The zero-order valence-electron chi connectivity index (χ0n) is 19.9. The zero-order valence-corrected chi connectivity index (χ0v) is 19.9. The van der Waals surface area contributed by atoms with Crippen molar-refractivity contribution in [2.45, 2.75) is 25.1 Å². The van der Waals surface area contributed by atoms with Crippen molar-refractivity contribution in [3.8, 4) is 34.3 Å². The maximum absolute atomic E-state index is 13.9. The van der Waals surface area contributed by atoms with Gasteiger partial charge in [0.1, 0.15) is 5.56 Å². The number of β-amino-alcohol motifs (C(OH)–C–C–N with tert-alkyl or cyclic N) is 1. The minimum atomic E-state index is -4.79. The summed E-state index contributed by atoms with van der Waals surface area (Å²) in [7, 11) is 0. The number of likely N-dealkylation sites (tertiary alicyclic amines) is 1. The first-order valence-corrected chi connectivity index (χ1v) is 11.9. The summed E-state index contributed by atoms with van der Waals surface area (Å²) in [6.45, 7) is 1.37. The number of piperidine rings is 1. The lowest BCUT2D eigenvalue weighted by Crippen LogP contribution is -2.40.